The SMILES string of the molecule is C1=C\C=C2\C=c3\cccc\c3=C\C=C(\C=C/1)C2. The predicted molar refractivity (Wildman–Crippen MR) is 73.7 cm³/mol. The van der Waals surface area contributed by atoms with Crippen molar-refractivity contribution in [3.63, 3.8) is 0 Å². The summed E-state index contributed by atoms with van der Waals surface area (Å²) in [7, 11) is 0. The summed E-state index contributed by atoms with van der Waals surface area (Å²) in [5.41, 5.74) is 2.71. The number of hydrogen-bond donors (Lipinski definition) is 0. The minimum absolute atomic E-state index is 1.01. The molecule has 0 heteroatoms. The Morgan fingerprint density at radius 3 is 2.53 bits per heavy atom. The van der Waals surface area contributed by atoms with Gasteiger partial charge >= 0.3 is 0 Å². The molecule has 2 aliphatic carbocycles. The first-order chi connectivity index (χ1) is 8.42. The van der Waals surface area contributed by atoms with Gasteiger partial charge in [-0.15, -0.1) is 0 Å². The lowest BCUT2D eigenvalue weighted by Crippen LogP contribution is -2.24. The molecule has 0 aromatic heterocycles. The van der Waals surface area contributed by atoms with Crippen LogP contribution in [0.15, 0.2) is 71.9 Å². The molecule has 0 saturated heterocycles. The van der Waals surface area contributed by atoms with Crippen molar-refractivity contribution in [1.29, 1.82) is 0 Å². The minimum Gasteiger partial charge on any atom is -0.0622 e. The van der Waals surface area contributed by atoms with Crippen molar-refractivity contribution in [2.24, 2.45) is 0 Å². The topological polar surface area (TPSA) is 0 Å². The number of allylic oxidation sites excluding steroid dienone is 8. The Morgan fingerprint density at radius 2 is 1.59 bits per heavy atom. The van der Waals surface area contributed by atoms with Gasteiger partial charge in [0.05, 0.1) is 0 Å². The maximum absolute atomic E-state index is 2.28. The summed E-state index contributed by atoms with van der Waals surface area (Å²) in [4.78, 5) is 0. The van der Waals surface area contributed by atoms with E-state index >= 15 is 0 Å². The molecule has 3 rings (SSSR count). The molecule has 17 heavy (non-hydrogen) atoms. The summed E-state index contributed by atoms with van der Waals surface area (Å²) in [5, 5.41) is 2.58. The second-order valence-corrected chi connectivity index (χ2v) is 4.34. The average molecular weight is 218 g/mol. The Kier molecular flexibility index (Phi) is 2.63. The molecular weight excluding hydrogens is 204 g/mol. The zero-order chi connectivity index (χ0) is 11.5. The molecule has 1 aromatic carbocycles. The Morgan fingerprint density at radius 1 is 0.706 bits per heavy atom. The summed E-state index contributed by atoms with van der Waals surface area (Å²) in [5.74, 6) is 0. The molecule has 0 atom stereocenters. The van der Waals surface area contributed by atoms with Crippen molar-refractivity contribution in [2.45, 2.75) is 6.42 Å². The van der Waals surface area contributed by atoms with Crippen LogP contribution < -0.4 is 10.4 Å². The standard InChI is InChI=1S/C17H14/c1-2-6-14-10-11-16-8-4-5-9-17(16)13-15(12-14)7-3-1/h1-11,13H,12H2/b2-1?,3-1-,6-2-,7-3?,11-10?,14-6?,14-10-,15-7+,15-13?,16-11-,17-13-. The summed E-state index contributed by atoms with van der Waals surface area (Å²) in [6.07, 6.45) is 18.4. The first-order valence-electron chi connectivity index (χ1n) is 5.93. The van der Waals surface area contributed by atoms with Gasteiger partial charge in [-0.2, -0.15) is 0 Å². The summed E-state index contributed by atoms with van der Waals surface area (Å²) >= 11 is 0. The van der Waals surface area contributed by atoms with Crippen LogP contribution >= 0.6 is 0 Å². The number of benzene rings is 1. The van der Waals surface area contributed by atoms with Crippen molar-refractivity contribution >= 4 is 12.2 Å². The fourth-order valence-electron chi connectivity index (χ4n) is 2.18. The van der Waals surface area contributed by atoms with Crippen LogP contribution in [0.25, 0.3) is 12.2 Å². The highest BCUT2D eigenvalue weighted by molar-refractivity contribution is 5.57. The summed E-state index contributed by atoms with van der Waals surface area (Å²) in [6.45, 7) is 0. The molecule has 2 aliphatic rings. The fraction of sp³-hybridized carbons (Fsp3) is 0.0588. The Hall–Kier alpha value is -2.08. The van der Waals surface area contributed by atoms with E-state index in [9.17, 15) is 0 Å². The third-order valence-corrected chi connectivity index (χ3v) is 3.06. The third-order valence-electron chi connectivity index (χ3n) is 3.06. The predicted octanol–water partition coefficient (Wildman–Crippen LogP) is 2.63. The summed E-state index contributed by atoms with van der Waals surface area (Å²) in [6, 6.07) is 8.51. The maximum atomic E-state index is 2.28. The number of rotatable bonds is 0. The minimum atomic E-state index is 1.01. The van der Waals surface area contributed by atoms with Crippen molar-refractivity contribution in [1.82, 2.24) is 0 Å². The van der Waals surface area contributed by atoms with E-state index in [1.54, 1.807) is 0 Å². The molecule has 82 valence electrons. The lowest BCUT2D eigenvalue weighted by Gasteiger charge is -2.07. The van der Waals surface area contributed by atoms with Crippen LogP contribution in [0.4, 0.5) is 0 Å². The van der Waals surface area contributed by atoms with Gasteiger partial charge in [-0.1, -0.05) is 72.9 Å². The molecule has 0 unspecified atom stereocenters. The second kappa shape index (κ2) is 4.42. The van der Waals surface area contributed by atoms with Gasteiger partial charge in [0.15, 0.2) is 0 Å². The quantitative estimate of drug-likeness (QED) is 0.628. The molecule has 0 aliphatic heterocycles. The van der Waals surface area contributed by atoms with E-state index in [0.717, 1.165) is 6.42 Å². The Bertz CT molecular complexity index is 664. The molecule has 1 aromatic rings. The second-order valence-electron chi connectivity index (χ2n) is 4.34. The fourth-order valence-corrected chi connectivity index (χ4v) is 2.18. The van der Waals surface area contributed by atoms with Crippen LogP contribution in [0.2, 0.25) is 0 Å². The highest BCUT2D eigenvalue weighted by Gasteiger charge is 2.00. The molecule has 0 amide bonds. The third kappa shape index (κ3) is 2.21. The Balaban J connectivity index is 2.32. The van der Waals surface area contributed by atoms with Crippen LogP contribution in [0.5, 0.6) is 0 Å². The van der Waals surface area contributed by atoms with Gasteiger partial charge in [0.25, 0.3) is 0 Å². The van der Waals surface area contributed by atoms with Gasteiger partial charge in [0.2, 0.25) is 0 Å². The molecule has 0 nitrogen and oxygen atoms in total. The molecular formula is C17H14. The van der Waals surface area contributed by atoms with Gasteiger partial charge in [-0.3, -0.25) is 0 Å². The molecule has 0 fully saturated rings. The maximum Gasteiger partial charge on any atom is -0.00256 e. The largest absolute Gasteiger partial charge is 0.0622 e. The molecule has 0 saturated carbocycles. The zero-order valence-corrected chi connectivity index (χ0v) is 9.64. The van der Waals surface area contributed by atoms with Crippen LogP contribution in [-0.2, 0) is 0 Å². The van der Waals surface area contributed by atoms with Gasteiger partial charge in [0, 0.05) is 0 Å². The molecule has 0 heterocycles. The first-order valence-corrected chi connectivity index (χ1v) is 5.93. The smallest absolute Gasteiger partial charge is 0.00256 e. The summed E-state index contributed by atoms with van der Waals surface area (Å²) < 4.78 is 0. The van der Waals surface area contributed by atoms with E-state index in [2.05, 4.69) is 72.9 Å². The molecule has 2 bridgehead atoms. The lowest BCUT2D eigenvalue weighted by molar-refractivity contribution is 1.22. The van der Waals surface area contributed by atoms with E-state index in [4.69, 9.17) is 0 Å². The van der Waals surface area contributed by atoms with Gasteiger partial charge in [0.1, 0.15) is 0 Å². The van der Waals surface area contributed by atoms with Crippen molar-refractivity contribution < 1.29 is 0 Å². The molecule has 0 radical (unpaired) electrons. The number of hydrogen-bond acceptors (Lipinski definition) is 0. The van der Waals surface area contributed by atoms with Gasteiger partial charge in [-0.25, -0.2) is 0 Å². The molecule has 0 spiro atoms. The van der Waals surface area contributed by atoms with Crippen LogP contribution in [0.1, 0.15) is 6.42 Å². The molecule has 0 N–H and O–H groups in total. The van der Waals surface area contributed by atoms with E-state index in [-0.39, 0.29) is 0 Å². The van der Waals surface area contributed by atoms with E-state index in [1.165, 1.54) is 21.6 Å². The highest BCUT2D eigenvalue weighted by atomic mass is 14.1. The Labute approximate surface area is 101 Å². The first kappa shape index (κ1) is 10.1. The lowest BCUT2D eigenvalue weighted by atomic mass is 9.98. The van der Waals surface area contributed by atoms with E-state index in [0.29, 0.717) is 0 Å². The van der Waals surface area contributed by atoms with Gasteiger partial charge < -0.3 is 0 Å². The van der Waals surface area contributed by atoms with Crippen molar-refractivity contribution in [3.05, 3.63) is 82.3 Å². The normalized spacial score (nSPS) is 31.1. The van der Waals surface area contributed by atoms with E-state index < -0.39 is 0 Å². The van der Waals surface area contributed by atoms with E-state index in [1.807, 2.05) is 0 Å². The van der Waals surface area contributed by atoms with Crippen LogP contribution in [0.3, 0.4) is 0 Å². The van der Waals surface area contributed by atoms with Gasteiger partial charge in [-0.05, 0) is 28.0 Å². The highest BCUT2D eigenvalue weighted by Crippen LogP contribution is 2.16. The monoisotopic (exact) mass is 218 g/mol. The number of fused-ring (bicyclic) bond motifs is 3. The van der Waals surface area contributed by atoms with Crippen LogP contribution in [-0.4, -0.2) is 0 Å². The average Bonchev–Trinajstić information content (AvgIpc) is 2.28. The van der Waals surface area contributed by atoms with Crippen molar-refractivity contribution in [3.8, 4) is 0 Å². The zero-order valence-electron chi connectivity index (χ0n) is 9.64. The van der Waals surface area contributed by atoms with Crippen LogP contribution in [0, 0.1) is 0 Å². The van der Waals surface area contributed by atoms with Crippen molar-refractivity contribution in [2.75, 3.05) is 0 Å².